The topological polar surface area (TPSA) is 84.5 Å². The zero-order valence-corrected chi connectivity index (χ0v) is 19.5. The third-order valence-corrected chi connectivity index (χ3v) is 6.49. The molecule has 3 rings (SSSR count). The Morgan fingerprint density at radius 1 is 1.00 bits per heavy atom. The lowest BCUT2D eigenvalue weighted by Gasteiger charge is -2.14. The standard InChI is InChI=1S/C24H25ClN2O4S/c1-3-4-5-17-6-12-20(13-7-17)27-32(29,30)21-14-15-23(31-2)22(16-21)26-24(28)18-8-10-19(25)11-9-18/h6-16,27H,3-5H2,1-2H3,(H,26,28). The number of anilines is 2. The number of amides is 1. The molecular formula is C24H25ClN2O4S. The van der Waals surface area contributed by atoms with Gasteiger partial charge in [0.25, 0.3) is 15.9 Å². The van der Waals surface area contributed by atoms with E-state index in [1.807, 2.05) is 12.1 Å². The number of benzene rings is 3. The molecule has 0 spiro atoms. The van der Waals surface area contributed by atoms with Gasteiger partial charge in [-0.15, -0.1) is 0 Å². The van der Waals surface area contributed by atoms with Gasteiger partial charge in [0.2, 0.25) is 0 Å². The molecule has 0 saturated heterocycles. The van der Waals surface area contributed by atoms with Gasteiger partial charge in [-0.2, -0.15) is 0 Å². The van der Waals surface area contributed by atoms with E-state index in [2.05, 4.69) is 17.0 Å². The number of rotatable bonds is 9. The van der Waals surface area contributed by atoms with Gasteiger partial charge >= 0.3 is 0 Å². The van der Waals surface area contributed by atoms with E-state index in [0.717, 1.165) is 24.8 Å². The van der Waals surface area contributed by atoms with Gasteiger partial charge in [0, 0.05) is 16.3 Å². The molecule has 0 bridgehead atoms. The van der Waals surface area contributed by atoms with Gasteiger partial charge in [0.15, 0.2) is 0 Å². The van der Waals surface area contributed by atoms with E-state index in [4.69, 9.17) is 16.3 Å². The Hall–Kier alpha value is -3.03. The average Bonchev–Trinajstić information content (AvgIpc) is 2.78. The molecule has 32 heavy (non-hydrogen) atoms. The summed E-state index contributed by atoms with van der Waals surface area (Å²) in [6.07, 6.45) is 3.14. The highest BCUT2D eigenvalue weighted by Gasteiger charge is 2.18. The lowest BCUT2D eigenvalue weighted by Crippen LogP contribution is -2.15. The SMILES string of the molecule is CCCCc1ccc(NS(=O)(=O)c2ccc(OC)c(NC(=O)c3ccc(Cl)cc3)c2)cc1. The third-order valence-electron chi connectivity index (χ3n) is 4.86. The number of ether oxygens (including phenoxy) is 1. The number of sulfonamides is 1. The maximum absolute atomic E-state index is 12.9. The summed E-state index contributed by atoms with van der Waals surface area (Å²) in [5.74, 6) is -0.0725. The predicted octanol–water partition coefficient (Wildman–Crippen LogP) is 5.74. The van der Waals surface area contributed by atoms with Crippen molar-refractivity contribution >= 4 is 38.9 Å². The monoisotopic (exact) mass is 472 g/mol. The Kier molecular flexibility index (Phi) is 7.77. The second-order valence-electron chi connectivity index (χ2n) is 7.23. The quantitative estimate of drug-likeness (QED) is 0.415. The van der Waals surface area contributed by atoms with E-state index >= 15 is 0 Å². The third kappa shape index (κ3) is 6.02. The Morgan fingerprint density at radius 3 is 2.31 bits per heavy atom. The molecule has 0 aliphatic rings. The van der Waals surface area contributed by atoms with E-state index in [9.17, 15) is 13.2 Å². The molecule has 168 valence electrons. The average molecular weight is 473 g/mol. The second-order valence-corrected chi connectivity index (χ2v) is 9.35. The highest BCUT2D eigenvalue weighted by molar-refractivity contribution is 7.92. The van der Waals surface area contributed by atoms with E-state index in [-0.39, 0.29) is 10.6 Å². The maximum Gasteiger partial charge on any atom is 0.261 e. The molecule has 0 heterocycles. The van der Waals surface area contributed by atoms with Crippen LogP contribution in [0.15, 0.2) is 71.6 Å². The number of carbonyl (C=O) groups is 1. The van der Waals surface area contributed by atoms with E-state index in [1.165, 1.54) is 25.3 Å². The van der Waals surface area contributed by atoms with Crippen molar-refractivity contribution in [2.24, 2.45) is 0 Å². The molecule has 1 amide bonds. The molecule has 0 aliphatic heterocycles. The number of aryl methyl sites for hydroxylation is 1. The van der Waals surface area contributed by atoms with Crippen molar-refractivity contribution in [2.75, 3.05) is 17.1 Å². The molecule has 0 atom stereocenters. The van der Waals surface area contributed by atoms with Crippen LogP contribution in [0.2, 0.25) is 5.02 Å². The highest BCUT2D eigenvalue weighted by atomic mass is 35.5. The largest absolute Gasteiger partial charge is 0.495 e. The van der Waals surface area contributed by atoms with Crippen molar-refractivity contribution in [2.45, 2.75) is 31.1 Å². The van der Waals surface area contributed by atoms with Gasteiger partial charge in [-0.25, -0.2) is 8.42 Å². The molecule has 6 nitrogen and oxygen atoms in total. The van der Waals surface area contributed by atoms with E-state index in [1.54, 1.807) is 36.4 Å². The first-order valence-electron chi connectivity index (χ1n) is 10.2. The first-order chi connectivity index (χ1) is 15.3. The summed E-state index contributed by atoms with van der Waals surface area (Å²) >= 11 is 5.87. The van der Waals surface area contributed by atoms with Crippen molar-refractivity contribution in [3.63, 3.8) is 0 Å². The fraction of sp³-hybridized carbons (Fsp3) is 0.208. The van der Waals surface area contributed by atoms with Crippen LogP contribution >= 0.6 is 11.6 Å². The molecule has 8 heteroatoms. The van der Waals surface area contributed by atoms with Gasteiger partial charge in [-0.3, -0.25) is 9.52 Å². The summed E-state index contributed by atoms with van der Waals surface area (Å²) in [7, 11) is -2.43. The van der Waals surface area contributed by atoms with Gasteiger partial charge in [0.05, 0.1) is 17.7 Å². The summed E-state index contributed by atoms with van der Waals surface area (Å²) in [6.45, 7) is 2.13. The summed E-state index contributed by atoms with van der Waals surface area (Å²) in [5.41, 5.74) is 2.25. The molecule has 0 aliphatic carbocycles. The molecule has 0 fully saturated rings. The normalized spacial score (nSPS) is 11.1. The van der Waals surface area contributed by atoms with Crippen LogP contribution in [0.25, 0.3) is 0 Å². The predicted molar refractivity (Wildman–Crippen MR) is 128 cm³/mol. The molecule has 2 N–H and O–H groups in total. The Bertz CT molecular complexity index is 1180. The van der Waals surface area contributed by atoms with Crippen molar-refractivity contribution < 1.29 is 17.9 Å². The minimum absolute atomic E-state index is 0.000217. The van der Waals surface area contributed by atoms with E-state index < -0.39 is 15.9 Å². The van der Waals surface area contributed by atoms with Crippen molar-refractivity contribution in [1.82, 2.24) is 0 Å². The van der Waals surface area contributed by atoms with Crippen LogP contribution < -0.4 is 14.8 Å². The molecule has 0 saturated carbocycles. The molecular weight excluding hydrogens is 448 g/mol. The van der Waals surface area contributed by atoms with Crippen LogP contribution in [0.1, 0.15) is 35.7 Å². The smallest absolute Gasteiger partial charge is 0.261 e. The number of carbonyl (C=O) groups excluding carboxylic acids is 1. The molecule has 0 radical (unpaired) electrons. The van der Waals surface area contributed by atoms with Gasteiger partial charge < -0.3 is 10.1 Å². The summed E-state index contributed by atoms with van der Waals surface area (Å²) < 4.78 is 33.7. The Balaban J connectivity index is 1.81. The molecule has 0 unspecified atom stereocenters. The highest BCUT2D eigenvalue weighted by Crippen LogP contribution is 2.29. The molecule has 0 aromatic heterocycles. The maximum atomic E-state index is 12.9. The van der Waals surface area contributed by atoms with Crippen LogP contribution in [0, 0.1) is 0 Å². The Morgan fingerprint density at radius 2 is 1.69 bits per heavy atom. The summed E-state index contributed by atoms with van der Waals surface area (Å²) in [5, 5.41) is 3.21. The number of nitrogens with one attached hydrogen (secondary N) is 2. The zero-order chi connectivity index (χ0) is 23.1. The fourth-order valence-corrected chi connectivity index (χ4v) is 4.29. The minimum Gasteiger partial charge on any atom is -0.495 e. The number of hydrogen-bond acceptors (Lipinski definition) is 4. The Labute approximate surface area is 193 Å². The van der Waals surface area contributed by atoms with Gasteiger partial charge in [-0.05, 0) is 73.0 Å². The lowest BCUT2D eigenvalue weighted by atomic mass is 10.1. The first kappa shape index (κ1) is 23.6. The summed E-state index contributed by atoms with van der Waals surface area (Å²) in [6, 6.07) is 18.0. The van der Waals surface area contributed by atoms with Crippen LogP contribution in [-0.2, 0) is 16.4 Å². The minimum atomic E-state index is -3.87. The van der Waals surface area contributed by atoms with Crippen LogP contribution in [-0.4, -0.2) is 21.4 Å². The first-order valence-corrected chi connectivity index (χ1v) is 12.0. The van der Waals surface area contributed by atoms with Crippen LogP contribution in [0.4, 0.5) is 11.4 Å². The van der Waals surface area contributed by atoms with E-state index in [0.29, 0.717) is 22.0 Å². The van der Waals surface area contributed by atoms with Crippen molar-refractivity contribution in [3.8, 4) is 5.75 Å². The van der Waals surface area contributed by atoms with Crippen molar-refractivity contribution in [3.05, 3.63) is 82.9 Å². The van der Waals surface area contributed by atoms with Gasteiger partial charge in [-0.1, -0.05) is 37.1 Å². The number of halogens is 1. The van der Waals surface area contributed by atoms with Crippen LogP contribution in [0.3, 0.4) is 0 Å². The zero-order valence-electron chi connectivity index (χ0n) is 17.9. The van der Waals surface area contributed by atoms with Gasteiger partial charge in [0.1, 0.15) is 5.75 Å². The lowest BCUT2D eigenvalue weighted by molar-refractivity contribution is 0.102. The summed E-state index contributed by atoms with van der Waals surface area (Å²) in [4.78, 5) is 12.6. The number of unbranched alkanes of at least 4 members (excludes halogenated alkanes) is 1. The molecule has 3 aromatic carbocycles. The second kappa shape index (κ2) is 10.5. The fourth-order valence-electron chi connectivity index (χ4n) is 3.08. The number of hydrogen-bond donors (Lipinski definition) is 2. The number of methoxy groups -OCH3 is 1. The van der Waals surface area contributed by atoms with Crippen LogP contribution in [0.5, 0.6) is 5.75 Å². The van der Waals surface area contributed by atoms with Crippen molar-refractivity contribution in [1.29, 1.82) is 0 Å². The molecule has 3 aromatic rings.